The summed E-state index contributed by atoms with van der Waals surface area (Å²) in [6.07, 6.45) is 0.685. The summed E-state index contributed by atoms with van der Waals surface area (Å²) >= 11 is 0. The van der Waals surface area contributed by atoms with Gasteiger partial charge in [0.2, 0.25) is 11.8 Å². The maximum Gasteiger partial charge on any atom is 0.420 e. The number of carbonyl (C=O) groups is 3. The van der Waals surface area contributed by atoms with Crippen LogP contribution in [-0.4, -0.2) is 71.4 Å². The highest BCUT2D eigenvalue weighted by atomic mass is 16.5. The molecule has 2 atom stereocenters. The summed E-state index contributed by atoms with van der Waals surface area (Å²) in [5.41, 5.74) is 1.89. The van der Waals surface area contributed by atoms with Gasteiger partial charge in [-0.25, -0.2) is 9.59 Å². The van der Waals surface area contributed by atoms with Crippen molar-refractivity contribution in [3.63, 3.8) is 0 Å². The third kappa shape index (κ3) is 4.83. The quantitative estimate of drug-likeness (QED) is 0.521. The topological polar surface area (TPSA) is 143 Å². The number of morpholine rings is 1. The summed E-state index contributed by atoms with van der Waals surface area (Å²) in [6, 6.07) is 4.72. The molecule has 1 unspecified atom stereocenters. The number of piperidine rings is 1. The Labute approximate surface area is 183 Å². The number of para-hydroxylation sites is 1. The normalized spacial score (nSPS) is 22.1. The lowest BCUT2D eigenvalue weighted by Gasteiger charge is -2.32. The number of carboxylic acid groups (broad SMARTS) is 1. The van der Waals surface area contributed by atoms with E-state index < -0.39 is 23.8 Å². The second-order valence-electron chi connectivity index (χ2n) is 8.05. The zero-order valence-corrected chi connectivity index (χ0v) is 17.5. The first-order valence-corrected chi connectivity index (χ1v) is 10.7. The van der Waals surface area contributed by atoms with Gasteiger partial charge in [0.25, 0.3) is 0 Å². The number of nitrogens with zero attached hydrogens (tertiary/aromatic N) is 2. The maximum absolute atomic E-state index is 12.5. The van der Waals surface area contributed by atoms with Crippen LogP contribution in [0, 0.1) is 0 Å². The van der Waals surface area contributed by atoms with Gasteiger partial charge in [0.05, 0.1) is 18.2 Å². The number of ether oxygens (including phenoxy) is 1. The van der Waals surface area contributed by atoms with E-state index in [9.17, 15) is 19.2 Å². The van der Waals surface area contributed by atoms with Crippen LogP contribution in [0.2, 0.25) is 0 Å². The van der Waals surface area contributed by atoms with Gasteiger partial charge in [-0.2, -0.15) is 0 Å². The number of oxazole rings is 1. The van der Waals surface area contributed by atoms with Crippen LogP contribution in [0.1, 0.15) is 30.9 Å². The summed E-state index contributed by atoms with van der Waals surface area (Å²) < 4.78 is 12.4. The minimum atomic E-state index is -1.07. The molecule has 0 radical (unpaired) electrons. The number of benzene rings is 1. The Hall–Kier alpha value is -3.18. The number of carbonyl (C=O) groups excluding carboxylic acids is 2. The number of hydrogen-bond acceptors (Lipinski definition) is 7. The summed E-state index contributed by atoms with van der Waals surface area (Å²) in [6.45, 7) is 3.01. The van der Waals surface area contributed by atoms with E-state index in [1.807, 2.05) is 12.1 Å². The van der Waals surface area contributed by atoms with Crippen LogP contribution in [0.25, 0.3) is 11.1 Å². The monoisotopic (exact) mass is 446 g/mol. The zero-order chi connectivity index (χ0) is 22.7. The Balaban J connectivity index is 1.41. The summed E-state index contributed by atoms with van der Waals surface area (Å²) in [4.78, 5) is 49.1. The number of fused-ring (bicyclic) bond motifs is 1. The number of nitrogens with one attached hydrogen (secondary N) is 2. The predicted octanol–water partition coefficient (Wildman–Crippen LogP) is 0.473. The highest BCUT2D eigenvalue weighted by molar-refractivity contribution is 6.00. The van der Waals surface area contributed by atoms with Crippen molar-refractivity contribution in [3.8, 4) is 0 Å². The summed E-state index contributed by atoms with van der Waals surface area (Å²) in [5, 5.41) is 13.4. The zero-order valence-electron chi connectivity index (χ0n) is 17.5. The van der Waals surface area contributed by atoms with Crippen molar-refractivity contribution >= 4 is 29.0 Å². The molecule has 172 valence electrons. The van der Waals surface area contributed by atoms with Crippen LogP contribution in [0.15, 0.2) is 27.4 Å². The molecule has 11 heteroatoms. The van der Waals surface area contributed by atoms with E-state index in [2.05, 4.69) is 15.5 Å². The van der Waals surface area contributed by atoms with E-state index in [-0.39, 0.29) is 31.4 Å². The first kappa shape index (κ1) is 22.0. The Bertz CT molecular complexity index is 1080. The van der Waals surface area contributed by atoms with Crippen LogP contribution in [0.3, 0.4) is 0 Å². The maximum atomic E-state index is 12.5. The van der Waals surface area contributed by atoms with E-state index >= 15 is 0 Å². The van der Waals surface area contributed by atoms with Crippen LogP contribution in [0.5, 0.6) is 0 Å². The van der Waals surface area contributed by atoms with Crippen molar-refractivity contribution in [1.29, 1.82) is 0 Å². The third-order valence-corrected chi connectivity index (χ3v) is 5.87. The van der Waals surface area contributed by atoms with Gasteiger partial charge < -0.3 is 19.6 Å². The molecular formula is C21H26N4O7. The fourth-order valence-corrected chi connectivity index (χ4v) is 4.34. The number of rotatable bonds is 7. The highest BCUT2D eigenvalue weighted by Crippen LogP contribution is 2.25. The molecule has 0 bridgehead atoms. The molecular weight excluding hydrogens is 420 g/mol. The first-order valence-electron chi connectivity index (χ1n) is 10.7. The van der Waals surface area contributed by atoms with Gasteiger partial charge in [0.15, 0.2) is 5.58 Å². The van der Waals surface area contributed by atoms with Crippen molar-refractivity contribution in [1.82, 2.24) is 20.1 Å². The number of aryl methyl sites for hydroxylation is 1. The van der Waals surface area contributed by atoms with Crippen molar-refractivity contribution in [2.75, 3.05) is 32.8 Å². The number of aromatic nitrogens is 1. The van der Waals surface area contributed by atoms with E-state index in [1.54, 1.807) is 6.07 Å². The van der Waals surface area contributed by atoms with Gasteiger partial charge in [0.1, 0.15) is 6.04 Å². The van der Waals surface area contributed by atoms with Crippen molar-refractivity contribution < 1.29 is 28.6 Å². The van der Waals surface area contributed by atoms with Gasteiger partial charge in [-0.05, 0) is 37.4 Å². The molecule has 0 aliphatic carbocycles. The van der Waals surface area contributed by atoms with Crippen molar-refractivity contribution in [2.24, 2.45) is 0 Å². The molecule has 2 aromatic rings. The summed E-state index contributed by atoms with van der Waals surface area (Å²) in [7, 11) is 0. The highest BCUT2D eigenvalue weighted by Gasteiger charge is 2.31. The lowest BCUT2D eigenvalue weighted by atomic mass is 10.0. The van der Waals surface area contributed by atoms with E-state index in [4.69, 9.17) is 14.3 Å². The van der Waals surface area contributed by atoms with Gasteiger partial charge >= 0.3 is 11.8 Å². The summed E-state index contributed by atoms with van der Waals surface area (Å²) in [5.74, 6) is -1.43. The Morgan fingerprint density at radius 3 is 2.91 bits per heavy atom. The molecule has 2 aliphatic rings. The van der Waals surface area contributed by atoms with E-state index in [0.29, 0.717) is 30.7 Å². The molecule has 3 heterocycles. The molecule has 3 amide bonds. The minimum Gasteiger partial charge on any atom is -0.465 e. The van der Waals surface area contributed by atoms with Gasteiger partial charge in [0, 0.05) is 26.1 Å². The fourth-order valence-electron chi connectivity index (χ4n) is 4.34. The van der Waals surface area contributed by atoms with Gasteiger partial charge in [-0.3, -0.25) is 24.4 Å². The SMILES string of the molecule is O=C(O)NC[C@H]1CN(CCCc2cccc3c2oc(=O)n3C2CCC(=O)NC2=O)CCO1. The molecule has 1 aromatic heterocycles. The first-order chi connectivity index (χ1) is 15.4. The lowest BCUT2D eigenvalue weighted by Crippen LogP contribution is -2.47. The van der Waals surface area contributed by atoms with Gasteiger partial charge in [-0.15, -0.1) is 0 Å². The standard InChI is InChI=1S/C21H26N4O7/c26-17-7-6-16(19(27)23-17)25-15-5-1-3-13(18(15)32-21(25)30)4-2-8-24-9-10-31-14(12-24)11-22-20(28)29/h1,3,5,14,16,22H,2,4,6-12H2,(H,28,29)(H,23,26,27)/t14-,16?/m0/s1. The van der Waals surface area contributed by atoms with E-state index in [0.717, 1.165) is 25.1 Å². The molecule has 11 nitrogen and oxygen atoms in total. The molecule has 2 saturated heterocycles. The van der Waals surface area contributed by atoms with Crippen molar-refractivity contribution in [2.45, 2.75) is 37.8 Å². The molecule has 3 N–H and O–H groups in total. The Kier molecular flexibility index (Phi) is 6.56. The minimum absolute atomic E-state index is 0.177. The van der Waals surface area contributed by atoms with Crippen LogP contribution >= 0.6 is 0 Å². The average molecular weight is 446 g/mol. The lowest BCUT2D eigenvalue weighted by molar-refractivity contribution is -0.135. The molecule has 32 heavy (non-hydrogen) atoms. The largest absolute Gasteiger partial charge is 0.465 e. The Morgan fingerprint density at radius 1 is 1.28 bits per heavy atom. The molecule has 0 spiro atoms. The molecule has 1 aromatic carbocycles. The second kappa shape index (κ2) is 9.53. The molecule has 0 saturated carbocycles. The van der Waals surface area contributed by atoms with Gasteiger partial charge in [-0.1, -0.05) is 12.1 Å². The molecule has 2 fully saturated rings. The molecule has 2 aliphatic heterocycles. The number of hydrogen-bond donors (Lipinski definition) is 3. The number of amides is 3. The van der Waals surface area contributed by atoms with Crippen LogP contribution in [0.4, 0.5) is 4.79 Å². The second-order valence-corrected chi connectivity index (χ2v) is 8.05. The predicted molar refractivity (Wildman–Crippen MR) is 112 cm³/mol. The van der Waals surface area contributed by atoms with Crippen molar-refractivity contribution in [3.05, 3.63) is 34.3 Å². The van der Waals surface area contributed by atoms with Crippen LogP contribution < -0.4 is 16.4 Å². The van der Waals surface area contributed by atoms with Crippen LogP contribution in [-0.2, 0) is 20.7 Å². The Morgan fingerprint density at radius 2 is 2.12 bits per heavy atom. The third-order valence-electron chi connectivity index (χ3n) is 5.87. The number of imide groups is 1. The smallest absolute Gasteiger partial charge is 0.420 e. The fraction of sp³-hybridized carbons (Fsp3) is 0.524. The van der Waals surface area contributed by atoms with E-state index in [1.165, 1.54) is 4.57 Å². The average Bonchev–Trinajstić information content (AvgIpc) is 3.09. The molecule has 4 rings (SSSR count).